The molecule has 1 saturated heterocycles. The van der Waals surface area contributed by atoms with Crippen LogP contribution in [0.5, 0.6) is 0 Å². The quantitative estimate of drug-likeness (QED) is 0.716. The van der Waals surface area contributed by atoms with E-state index >= 15 is 0 Å². The highest BCUT2D eigenvalue weighted by Crippen LogP contribution is 2.32. The Morgan fingerprint density at radius 1 is 1.45 bits per heavy atom. The predicted molar refractivity (Wildman–Crippen MR) is 71.9 cm³/mol. The lowest BCUT2D eigenvalue weighted by Gasteiger charge is -2.17. The van der Waals surface area contributed by atoms with Crippen molar-refractivity contribution in [2.45, 2.75) is 45.1 Å². The molecular weight excluding hydrogens is 260 g/mol. The van der Waals surface area contributed by atoms with Gasteiger partial charge in [-0.15, -0.1) is 0 Å². The van der Waals surface area contributed by atoms with Gasteiger partial charge >= 0.3 is 5.97 Å². The van der Waals surface area contributed by atoms with E-state index in [2.05, 4.69) is 5.32 Å². The van der Waals surface area contributed by atoms with E-state index in [1.54, 1.807) is 0 Å². The van der Waals surface area contributed by atoms with E-state index in [0.717, 1.165) is 12.8 Å². The summed E-state index contributed by atoms with van der Waals surface area (Å²) in [7, 11) is 0. The first-order valence-electron chi connectivity index (χ1n) is 7.30. The molecule has 1 aliphatic heterocycles. The number of hydrogen-bond donors (Lipinski definition) is 2. The van der Waals surface area contributed by atoms with Crippen molar-refractivity contribution < 1.29 is 19.5 Å². The third-order valence-electron chi connectivity index (χ3n) is 4.12. The van der Waals surface area contributed by atoms with Crippen molar-refractivity contribution in [3.8, 4) is 0 Å². The number of carbonyl (C=O) groups is 3. The van der Waals surface area contributed by atoms with Crippen molar-refractivity contribution in [1.82, 2.24) is 10.2 Å². The number of nitrogens with zero attached hydrogens (tertiary/aromatic N) is 1. The summed E-state index contributed by atoms with van der Waals surface area (Å²) in [4.78, 5) is 36.3. The Hall–Kier alpha value is -1.59. The first-order valence-corrected chi connectivity index (χ1v) is 7.30. The lowest BCUT2D eigenvalue weighted by Crippen LogP contribution is -2.36. The maximum absolute atomic E-state index is 12.0. The molecule has 2 fully saturated rings. The van der Waals surface area contributed by atoms with E-state index in [4.69, 9.17) is 5.11 Å². The molecule has 0 radical (unpaired) electrons. The largest absolute Gasteiger partial charge is 0.481 e. The van der Waals surface area contributed by atoms with Crippen molar-refractivity contribution in [1.29, 1.82) is 0 Å². The highest BCUT2D eigenvalue weighted by molar-refractivity contribution is 5.89. The first-order chi connectivity index (χ1) is 9.51. The van der Waals surface area contributed by atoms with Crippen molar-refractivity contribution in [3.05, 3.63) is 0 Å². The Bertz CT molecular complexity index is 406. The van der Waals surface area contributed by atoms with Crippen LogP contribution in [0.25, 0.3) is 0 Å². The molecule has 0 aromatic rings. The number of carboxylic acid groups (broad SMARTS) is 1. The Balaban J connectivity index is 1.77. The molecular formula is C14H22N2O4. The fraction of sp³-hybridized carbons (Fsp3) is 0.786. The lowest BCUT2D eigenvalue weighted by atomic mass is 10.0. The molecule has 1 saturated carbocycles. The van der Waals surface area contributed by atoms with Crippen molar-refractivity contribution in [3.63, 3.8) is 0 Å². The Morgan fingerprint density at radius 2 is 2.15 bits per heavy atom. The van der Waals surface area contributed by atoms with Crippen molar-refractivity contribution in [2.24, 2.45) is 11.8 Å². The zero-order valence-electron chi connectivity index (χ0n) is 11.8. The summed E-state index contributed by atoms with van der Waals surface area (Å²) in [6, 6.07) is 0.357. The summed E-state index contributed by atoms with van der Waals surface area (Å²) in [5.41, 5.74) is 0. The average molecular weight is 282 g/mol. The van der Waals surface area contributed by atoms with E-state index in [1.807, 2.05) is 11.8 Å². The maximum Gasteiger partial charge on any atom is 0.303 e. The van der Waals surface area contributed by atoms with E-state index in [9.17, 15) is 14.4 Å². The first kappa shape index (κ1) is 14.8. The van der Waals surface area contributed by atoms with Crippen LogP contribution >= 0.6 is 0 Å². The molecule has 2 amide bonds. The van der Waals surface area contributed by atoms with Crippen LogP contribution < -0.4 is 5.32 Å². The van der Waals surface area contributed by atoms with E-state index in [0.29, 0.717) is 25.6 Å². The monoisotopic (exact) mass is 282 g/mol. The summed E-state index contributed by atoms with van der Waals surface area (Å²) in [5.74, 6) is -1.21. The van der Waals surface area contributed by atoms with Gasteiger partial charge in [-0.05, 0) is 18.8 Å². The molecule has 2 rings (SSSR count). The Morgan fingerprint density at radius 3 is 2.70 bits per heavy atom. The van der Waals surface area contributed by atoms with Crippen LogP contribution in [0.2, 0.25) is 0 Å². The topological polar surface area (TPSA) is 86.7 Å². The van der Waals surface area contributed by atoms with Crippen LogP contribution in [0.3, 0.4) is 0 Å². The van der Waals surface area contributed by atoms with E-state index in [1.165, 1.54) is 0 Å². The number of carboxylic acids is 1. The summed E-state index contributed by atoms with van der Waals surface area (Å²) in [6.45, 7) is 2.80. The molecule has 0 aromatic heterocycles. The van der Waals surface area contributed by atoms with Crippen molar-refractivity contribution >= 4 is 17.8 Å². The molecule has 2 unspecified atom stereocenters. The number of carbonyl (C=O) groups excluding carboxylic acids is 2. The molecule has 1 heterocycles. The minimum absolute atomic E-state index is 0.0481. The van der Waals surface area contributed by atoms with Crippen LogP contribution in [0.4, 0.5) is 0 Å². The highest BCUT2D eigenvalue weighted by atomic mass is 16.4. The van der Waals surface area contributed by atoms with Gasteiger partial charge in [0.1, 0.15) is 0 Å². The second kappa shape index (κ2) is 6.24. The zero-order valence-corrected chi connectivity index (χ0v) is 11.8. The van der Waals surface area contributed by atoms with Gasteiger partial charge in [0.05, 0.1) is 5.92 Å². The molecule has 2 atom stereocenters. The minimum atomic E-state index is -0.845. The van der Waals surface area contributed by atoms with E-state index < -0.39 is 5.97 Å². The van der Waals surface area contributed by atoms with Crippen LogP contribution in [0.1, 0.15) is 39.0 Å². The molecule has 0 spiro atoms. The average Bonchev–Trinajstić information content (AvgIpc) is 3.16. The second-order valence-electron chi connectivity index (χ2n) is 5.80. The fourth-order valence-electron chi connectivity index (χ4n) is 2.64. The summed E-state index contributed by atoms with van der Waals surface area (Å²) < 4.78 is 0. The summed E-state index contributed by atoms with van der Waals surface area (Å²) in [6.07, 6.45) is 3.17. The van der Waals surface area contributed by atoms with Gasteiger partial charge in [0.2, 0.25) is 11.8 Å². The fourth-order valence-corrected chi connectivity index (χ4v) is 2.64. The van der Waals surface area contributed by atoms with Crippen LogP contribution in [-0.4, -0.2) is 46.9 Å². The predicted octanol–water partition coefficient (Wildman–Crippen LogP) is 0.614. The summed E-state index contributed by atoms with van der Waals surface area (Å²) >= 11 is 0. The van der Waals surface area contributed by atoms with Gasteiger partial charge in [-0.3, -0.25) is 14.4 Å². The number of amides is 2. The Labute approximate surface area is 118 Å². The van der Waals surface area contributed by atoms with Gasteiger partial charge < -0.3 is 15.3 Å². The van der Waals surface area contributed by atoms with Crippen LogP contribution in [0.15, 0.2) is 0 Å². The van der Waals surface area contributed by atoms with Gasteiger partial charge in [-0.2, -0.15) is 0 Å². The van der Waals surface area contributed by atoms with Crippen LogP contribution in [-0.2, 0) is 14.4 Å². The molecule has 2 N–H and O–H groups in total. The van der Waals surface area contributed by atoms with Gasteiger partial charge in [0, 0.05) is 32.0 Å². The zero-order chi connectivity index (χ0) is 14.7. The maximum atomic E-state index is 12.0. The number of rotatable bonds is 7. The molecule has 0 bridgehead atoms. The smallest absolute Gasteiger partial charge is 0.303 e. The summed E-state index contributed by atoms with van der Waals surface area (Å²) in [5, 5.41) is 11.6. The third kappa shape index (κ3) is 3.71. The van der Waals surface area contributed by atoms with E-state index in [-0.39, 0.29) is 36.5 Å². The minimum Gasteiger partial charge on any atom is -0.481 e. The number of likely N-dealkylation sites (tertiary alicyclic amines) is 1. The number of aliphatic carboxylic acids is 1. The highest BCUT2D eigenvalue weighted by Gasteiger charge is 2.41. The molecule has 112 valence electrons. The molecule has 6 nitrogen and oxygen atoms in total. The van der Waals surface area contributed by atoms with Gasteiger partial charge in [-0.25, -0.2) is 0 Å². The second-order valence-corrected chi connectivity index (χ2v) is 5.80. The van der Waals surface area contributed by atoms with Crippen LogP contribution in [0, 0.1) is 11.8 Å². The standard InChI is InChI=1S/C14H22N2O4/c1-2-9(5-13(18)19)7-15-14(20)10-6-12(17)16(8-10)11-3-4-11/h9-11H,2-8H2,1H3,(H,15,20)(H,18,19). The molecule has 1 aliphatic carbocycles. The molecule has 20 heavy (non-hydrogen) atoms. The SMILES string of the molecule is CCC(CNC(=O)C1CC(=O)N(C2CC2)C1)CC(=O)O. The molecule has 6 heteroatoms. The lowest BCUT2D eigenvalue weighted by molar-refractivity contribution is -0.138. The normalized spacial score (nSPS) is 23.8. The van der Waals surface area contributed by atoms with Crippen molar-refractivity contribution in [2.75, 3.05) is 13.1 Å². The van der Waals surface area contributed by atoms with Gasteiger partial charge in [0.15, 0.2) is 0 Å². The van der Waals surface area contributed by atoms with Gasteiger partial charge in [-0.1, -0.05) is 13.3 Å². The third-order valence-corrected chi connectivity index (χ3v) is 4.12. The number of hydrogen-bond acceptors (Lipinski definition) is 3. The Kier molecular flexibility index (Phi) is 4.62. The number of nitrogens with one attached hydrogen (secondary N) is 1. The molecule has 0 aromatic carbocycles. The molecule has 2 aliphatic rings. The van der Waals surface area contributed by atoms with Gasteiger partial charge in [0.25, 0.3) is 0 Å².